The minimum Gasteiger partial charge on any atom is -0.439 e. The Bertz CT molecular complexity index is 1420. The van der Waals surface area contributed by atoms with E-state index in [0.29, 0.717) is 5.56 Å². The van der Waals surface area contributed by atoms with E-state index in [9.17, 15) is 5.26 Å². The number of rotatable bonds is 5. The Morgan fingerprint density at radius 2 is 1.88 bits per heavy atom. The third kappa shape index (κ3) is 3.77. The highest BCUT2D eigenvalue weighted by Crippen LogP contribution is 2.41. The Hall–Kier alpha value is -4.30. The number of H-pyrrole nitrogens is 1. The number of fused-ring (bicyclic) bond motifs is 2. The zero-order valence-corrected chi connectivity index (χ0v) is 18.7. The van der Waals surface area contributed by atoms with Crippen LogP contribution in [0.2, 0.25) is 0 Å². The van der Waals surface area contributed by atoms with Gasteiger partial charge in [0.2, 0.25) is 5.88 Å². The fourth-order valence-corrected chi connectivity index (χ4v) is 4.33. The zero-order valence-electron chi connectivity index (χ0n) is 18.7. The van der Waals surface area contributed by atoms with E-state index in [-0.39, 0.29) is 0 Å². The molecule has 33 heavy (non-hydrogen) atoms. The van der Waals surface area contributed by atoms with Gasteiger partial charge in [0.15, 0.2) is 16.8 Å². The van der Waals surface area contributed by atoms with Gasteiger partial charge in [0, 0.05) is 18.7 Å². The SMILES string of the molecule is CCN1/C(=C/C=C/c2[nH]c3cc(C#N)ccc3[n+]2CC)Oc2ccc(-c3ccccc3)cc21. The minimum atomic E-state index is 0.648. The van der Waals surface area contributed by atoms with Crippen molar-refractivity contribution >= 4 is 22.8 Å². The second kappa shape index (κ2) is 8.68. The van der Waals surface area contributed by atoms with E-state index in [1.165, 1.54) is 11.1 Å². The number of hydrogen-bond donors (Lipinski definition) is 1. The first-order valence-electron chi connectivity index (χ1n) is 11.2. The molecule has 0 spiro atoms. The molecule has 1 aliphatic heterocycles. The first kappa shape index (κ1) is 20.6. The highest BCUT2D eigenvalue weighted by molar-refractivity contribution is 5.77. The molecule has 0 saturated carbocycles. The monoisotopic (exact) mass is 433 g/mol. The summed E-state index contributed by atoms with van der Waals surface area (Å²) in [5, 5.41) is 9.19. The molecule has 5 rings (SSSR count). The first-order valence-corrected chi connectivity index (χ1v) is 11.2. The third-order valence-corrected chi connectivity index (χ3v) is 5.93. The number of allylic oxidation sites excluding steroid dienone is 2. The molecule has 5 nitrogen and oxygen atoms in total. The van der Waals surface area contributed by atoms with Crippen molar-refractivity contribution in [1.29, 1.82) is 5.26 Å². The number of aryl methyl sites for hydroxylation is 1. The molecule has 0 radical (unpaired) electrons. The summed E-state index contributed by atoms with van der Waals surface area (Å²) >= 11 is 0. The number of nitrogens with one attached hydrogen (secondary N) is 1. The van der Waals surface area contributed by atoms with Crippen LogP contribution in [-0.2, 0) is 6.54 Å². The maximum atomic E-state index is 9.19. The van der Waals surface area contributed by atoms with Crippen molar-refractivity contribution in [3.05, 3.63) is 96.2 Å². The van der Waals surface area contributed by atoms with Crippen LogP contribution >= 0.6 is 0 Å². The summed E-state index contributed by atoms with van der Waals surface area (Å²) in [6.07, 6.45) is 6.04. The van der Waals surface area contributed by atoms with Crippen LogP contribution in [0.1, 0.15) is 25.2 Å². The summed E-state index contributed by atoms with van der Waals surface area (Å²) in [6.45, 7) is 5.87. The molecule has 0 saturated heterocycles. The van der Waals surface area contributed by atoms with Gasteiger partial charge in [-0.15, -0.1) is 0 Å². The molecule has 0 unspecified atom stereocenters. The van der Waals surface area contributed by atoms with Crippen LogP contribution in [0.15, 0.2) is 84.8 Å². The highest BCUT2D eigenvalue weighted by Gasteiger charge is 2.25. The van der Waals surface area contributed by atoms with E-state index in [1.54, 1.807) is 0 Å². The average Bonchev–Trinajstić information content (AvgIpc) is 3.40. The molecule has 3 aromatic carbocycles. The summed E-state index contributed by atoms with van der Waals surface area (Å²) in [7, 11) is 0. The van der Waals surface area contributed by atoms with E-state index in [4.69, 9.17) is 4.74 Å². The Labute approximate surface area is 193 Å². The lowest BCUT2D eigenvalue weighted by Crippen LogP contribution is -2.34. The second-order valence-electron chi connectivity index (χ2n) is 7.86. The van der Waals surface area contributed by atoms with Gasteiger partial charge in [0.1, 0.15) is 0 Å². The van der Waals surface area contributed by atoms with E-state index in [1.807, 2.05) is 48.6 Å². The molecule has 0 atom stereocenters. The summed E-state index contributed by atoms with van der Waals surface area (Å²) in [5.74, 6) is 2.65. The minimum absolute atomic E-state index is 0.648. The number of nitrogens with zero attached hydrogens (tertiary/aromatic N) is 3. The number of ether oxygens (including phenoxy) is 1. The van der Waals surface area contributed by atoms with E-state index in [2.05, 4.69) is 70.8 Å². The Kier molecular flexibility index (Phi) is 5.42. The third-order valence-electron chi connectivity index (χ3n) is 5.93. The van der Waals surface area contributed by atoms with Crippen molar-refractivity contribution in [2.24, 2.45) is 0 Å². The van der Waals surface area contributed by atoms with E-state index in [0.717, 1.165) is 47.3 Å². The highest BCUT2D eigenvalue weighted by atomic mass is 16.5. The van der Waals surface area contributed by atoms with Gasteiger partial charge in [-0.2, -0.15) is 5.26 Å². The van der Waals surface area contributed by atoms with Gasteiger partial charge in [0.05, 0.1) is 23.9 Å². The quantitative estimate of drug-likeness (QED) is 0.406. The Morgan fingerprint density at radius 3 is 2.64 bits per heavy atom. The molecule has 2 heterocycles. The number of benzene rings is 3. The molecule has 5 heteroatoms. The predicted molar refractivity (Wildman–Crippen MR) is 132 cm³/mol. The molecule has 0 amide bonds. The van der Waals surface area contributed by atoms with Crippen molar-refractivity contribution < 1.29 is 9.30 Å². The van der Waals surface area contributed by atoms with Crippen molar-refractivity contribution in [3.63, 3.8) is 0 Å². The van der Waals surface area contributed by atoms with Crippen molar-refractivity contribution in [2.75, 3.05) is 11.4 Å². The molecule has 0 fully saturated rings. The smallest absolute Gasteiger partial charge is 0.280 e. The molecule has 1 aliphatic rings. The molecule has 4 aromatic rings. The number of aromatic amines is 1. The first-order chi connectivity index (χ1) is 16.2. The standard InChI is InChI=1S/C28H24N4O/c1-3-31-24-15-13-20(19-29)17-23(24)30-27(31)11-8-12-28-32(4-2)25-18-22(14-16-26(25)33-28)21-9-6-5-7-10-21/h5-18H,3-4H2,1-2H3/p+1/b11-8+,28-12-. The van der Waals surface area contributed by atoms with Gasteiger partial charge >= 0.3 is 0 Å². The van der Waals surface area contributed by atoms with Gasteiger partial charge in [-0.25, -0.2) is 9.55 Å². The molecular weight excluding hydrogens is 408 g/mol. The average molecular weight is 434 g/mol. The fraction of sp³-hybridized carbons (Fsp3) is 0.143. The molecule has 162 valence electrons. The van der Waals surface area contributed by atoms with Gasteiger partial charge in [-0.05, 0) is 61.4 Å². The van der Waals surface area contributed by atoms with Crippen molar-refractivity contribution in [2.45, 2.75) is 20.4 Å². The molecule has 0 aliphatic carbocycles. The lowest BCUT2D eigenvalue weighted by Gasteiger charge is -2.15. The van der Waals surface area contributed by atoms with Crippen LogP contribution in [0.5, 0.6) is 5.75 Å². The number of aromatic nitrogens is 2. The fourth-order valence-electron chi connectivity index (χ4n) is 4.33. The molecular formula is C28H25N4O+. The summed E-state index contributed by atoms with van der Waals surface area (Å²) in [4.78, 5) is 5.61. The van der Waals surface area contributed by atoms with Crippen LogP contribution in [-0.4, -0.2) is 11.5 Å². The van der Waals surface area contributed by atoms with E-state index < -0.39 is 0 Å². The maximum Gasteiger partial charge on any atom is 0.280 e. The number of nitriles is 1. The van der Waals surface area contributed by atoms with Crippen LogP contribution in [0, 0.1) is 11.3 Å². The van der Waals surface area contributed by atoms with E-state index >= 15 is 0 Å². The molecule has 1 N–H and O–H groups in total. The number of hydrogen-bond acceptors (Lipinski definition) is 3. The van der Waals surface area contributed by atoms with Gasteiger partial charge in [-0.1, -0.05) is 36.4 Å². The Morgan fingerprint density at radius 1 is 1.03 bits per heavy atom. The number of imidazole rings is 1. The lowest BCUT2D eigenvalue weighted by atomic mass is 10.0. The molecule has 0 bridgehead atoms. The van der Waals surface area contributed by atoms with Gasteiger partial charge in [0.25, 0.3) is 5.82 Å². The lowest BCUT2D eigenvalue weighted by molar-refractivity contribution is -0.669. The largest absolute Gasteiger partial charge is 0.439 e. The van der Waals surface area contributed by atoms with Gasteiger partial charge < -0.3 is 9.64 Å². The van der Waals surface area contributed by atoms with Gasteiger partial charge in [-0.3, -0.25) is 0 Å². The Balaban J connectivity index is 1.44. The predicted octanol–water partition coefficient (Wildman–Crippen LogP) is 5.79. The maximum absolute atomic E-state index is 9.19. The summed E-state index contributed by atoms with van der Waals surface area (Å²) in [6, 6.07) is 24.6. The van der Waals surface area contributed by atoms with Crippen LogP contribution in [0.4, 0.5) is 5.69 Å². The van der Waals surface area contributed by atoms with Crippen LogP contribution in [0.3, 0.4) is 0 Å². The summed E-state index contributed by atoms with van der Waals surface area (Å²) in [5.41, 5.74) is 6.13. The van der Waals surface area contributed by atoms with Crippen LogP contribution < -0.4 is 14.2 Å². The molecule has 1 aromatic heterocycles. The zero-order chi connectivity index (χ0) is 22.8. The normalized spacial score (nSPS) is 14.1. The van der Waals surface area contributed by atoms with Crippen molar-refractivity contribution in [3.8, 4) is 22.9 Å². The number of anilines is 1. The topological polar surface area (TPSA) is 55.9 Å². The van der Waals surface area contributed by atoms with Crippen LogP contribution in [0.25, 0.3) is 28.2 Å². The summed E-state index contributed by atoms with van der Waals surface area (Å²) < 4.78 is 8.36. The second-order valence-corrected chi connectivity index (χ2v) is 7.86. The van der Waals surface area contributed by atoms with Crippen molar-refractivity contribution in [1.82, 2.24) is 4.98 Å².